The molecule has 0 saturated heterocycles. The second kappa shape index (κ2) is 5.88. The first-order valence-electron chi connectivity index (χ1n) is 8.67. The van der Waals surface area contributed by atoms with Crippen LogP contribution < -0.4 is 9.64 Å². The van der Waals surface area contributed by atoms with Gasteiger partial charge in [0.15, 0.2) is 0 Å². The zero-order chi connectivity index (χ0) is 17.5. The number of hydrogen-bond donors (Lipinski definition) is 0. The highest BCUT2D eigenvalue weighted by Crippen LogP contribution is 2.40. The molecule has 5 rings (SSSR count). The van der Waals surface area contributed by atoms with Crippen LogP contribution in [0.2, 0.25) is 0 Å². The third kappa shape index (κ3) is 2.40. The molecule has 0 N–H and O–H groups in total. The summed E-state index contributed by atoms with van der Waals surface area (Å²) in [5.41, 5.74) is 3.23. The maximum Gasteiger partial charge on any atom is 0.143 e. The molecular weight excluding hydrogens is 324 g/mol. The van der Waals surface area contributed by atoms with Gasteiger partial charge in [-0.3, -0.25) is 4.68 Å². The SMILES string of the molecule is Cn1cc(-c2ccc3c(c2)OCCN3c2nccc3ccccc23)cn1. The normalized spacial score (nSPS) is 13.5. The van der Waals surface area contributed by atoms with Crippen LogP contribution in [0, 0.1) is 0 Å². The zero-order valence-corrected chi connectivity index (χ0v) is 14.5. The quantitative estimate of drug-likeness (QED) is 0.548. The Hall–Kier alpha value is -3.34. The van der Waals surface area contributed by atoms with Crippen molar-refractivity contribution in [3.63, 3.8) is 0 Å². The molecule has 0 atom stereocenters. The lowest BCUT2D eigenvalue weighted by atomic mass is 10.1. The van der Waals surface area contributed by atoms with Crippen molar-refractivity contribution in [1.82, 2.24) is 14.8 Å². The first-order chi connectivity index (χ1) is 12.8. The monoisotopic (exact) mass is 342 g/mol. The highest BCUT2D eigenvalue weighted by atomic mass is 16.5. The summed E-state index contributed by atoms with van der Waals surface area (Å²) in [7, 11) is 1.92. The molecule has 3 heterocycles. The topological polar surface area (TPSA) is 43.2 Å². The smallest absolute Gasteiger partial charge is 0.143 e. The van der Waals surface area contributed by atoms with E-state index in [0.717, 1.165) is 40.3 Å². The molecule has 0 radical (unpaired) electrons. The number of benzene rings is 2. The maximum absolute atomic E-state index is 5.96. The maximum atomic E-state index is 5.96. The molecule has 2 aromatic carbocycles. The molecule has 2 aromatic heterocycles. The van der Waals surface area contributed by atoms with E-state index in [1.165, 1.54) is 5.39 Å². The Bertz CT molecular complexity index is 1100. The first-order valence-corrected chi connectivity index (χ1v) is 8.67. The Kier molecular flexibility index (Phi) is 3.38. The Balaban J connectivity index is 1.61. The number of fused-ring (bicyclic) bond motifs is 2. The van der Waals surface area contributed by atoms with Gasteiger partial charge in [-0.1, -0.05) is 30.3 Å². The van der Waals surface area contributed by atoms with Crippen LogP contribution in [0.25, 0.3) is 21.9 Å². The summed E-state index contributed by atoms with van der Waals surface area (Å²) < 4.78 is 7.77. The van der Waals surface area contributed by atoms with E-state index < -0.39 is 0 Å². The predicted octanol–water partition coefficient (Wildman–Crippen LogP) is 4.17. The molecule has 0 unspecified atom stereocenters. The summed E-state index contributed by atoms with van der Waals surface area (Å²) in [5.74, 6) is 1.86. The van der Waals surface area contributed by atoms with Crippen LogP contribution in [0.3, 0.4) is 0 Å². The van der Waals surface area contributed by atoms with E-state index in [1.807, 2.05) is 36.4 Å². The number of aromatic nitrogens is 3. The molecule has 4 aromatic rings. The summed E-state index contributed by atoms with van der Waals surface area (Å²) in [6.45, 7) is 1.41. The van der Waals surface area contributed by atoms with E-state index in [-0.39, 0.29) is 0 Å². The zero-order valence-electron chi connectivity index (χ0n) is 14.5. The van der Waals surface area contributed by atoms with Crippen molar-refractivity contribution in [3.8, 4) is 16.9 Å². The molecule has 1 aliphatic rings. The lowest BCUT2D eigenvalue weighted by Gasteiger charge is -2.31. The van der Waals surface area contributed by atoms with Gasteiger partial charge in [-0.25, -0.2) is 4.98 Å². The summed E-state index contributed by atoms with van der Waals surface area (Å²) in [6.07, 6.45) is 5.75. The van der Waals surface area contributed by atoms with E-state index in [9.17, 15) is 0 Å². The second-order valence-electron chi connectivity index (χ2n) is 6.44. The van der Waals surface area contributed by atoms with Crippen molar-refractivity contribution in [1.29, 1.82) is 0 Å². The average molecular weight is 342 g/mol. The molecule has 0 saturated carbocycles. The van der Waals surface area contributed by atoms with Crippen LogP contribution in [-0.2, 0) is 7.05 Å². The van der Waals surface area contributed by atoms with E-state index in [1.54, 1.807) is 0 Å². The molecule has 0 aliphatic carbocycles. The average Bonchev–Trinajstić information content (AvgIpc) is 3.13. The summed E-state index contributed by atoms with van der Waals surface area (Å²) >= 11 is 0. The molecule has 26 heavy (non-hydrogen) atoms. The minimum absolute atomic E-state index is 0.633. The summed E-state index contributed by atoms with van der Waals surface area (Å²) in [5, 5.41) is 6.60. The lowest BCUT2D eigenvalue weighted by Crippen LogP contribution is -2.29. The molecule has 5 heteroatoms. The number of pyridine rings is 1. The molecule has 128 valence electrons. The van der Waals surface area contributed by atoms with Gasteiger partial charge in [-0.15, -0.1) is 0 Å². The van der Waals surface area contributed by atoms with Gasteiger partial charge in [0.2, 0.25) is 0 Å². The second-order valence-corrected chi connectivity index (χ2v) is 6.44. The Labute approximate surface area is 151 Å². The largest absolute Gasteiger partial charge is 0.490 e. The van der Waals surface area contributed by atoms with Crippen molar-refractivity contribution >= 4 is 22.3 Å². The first kappa shape index (κ1) is 15.0. The molecule has 0 spiro atoms. The number of anilines is 2. The van der Waals surface area contributed by atoms with E-state index in [2.05, 4.69) is 57.4 Å². The molecular formula is C21H18N4O. The minimum atomic E-state index is 0.633. The lowest BCUT2D eigenvalue weighted by molar-refractivity contribution is 0.314. The van der Waals surface area contributed by atoms with Gasteiger partial charge in [0.05, 0.1) is 18.4 Å². The fourth-order valence-electron chi connectivity index (χ4n) is 3.51. The van der Waals surface area contributed by atoms with Gasteiger partial charge >= 0.3 is 0 Å². The third-order valence-corrected chi connectivity index (χ3v) is 4.77. The van der Waals surface area contributed by atoms with Crippen molar-refractivity contribution < 1.29 is 4.74 Å². The van der Waals surface area contributed by atoms with Gasteiger partial charge in [0.25, 0.3) is 0 Å². The number of rotatable bonds is 2. The van der Waals surface area contributed by atoms with Crippen LogP contribution in [0.5, 0.6) is 5.75 Å². The van der Waals surface area contributed by atoms with Crippen LogP contribution in [0.4, 0.5) is 11.5 Å². The van der Waals surface area contributed by atoms with Crippen molar-refractivity contribution in [2.75, 3.05) is 18.1 Å². The molecule has 1 aliphatic heterocycles. The van der Waals surface area contributed by atoms with Crippen LogP contribution in [0.15, 0.2) is 67.1 Å². The Morgan fingerprint density at radius 2 is 1.96 bits per heavy atom. The van der Waals surface area contributed by atoms with Gasteiger partial charge in [0.1, 0.15) is 18.2 Å². The number of nitrogens with zero attached hydrogens (tertiary/aromatic N) is 4. The Morgan fingerprint density at radius 1 is 1.04 bits per heavy atom. The van der Waals surface area contributed by atoms with Gasteiger partial charge in [-0.05, 0) is 29.1 Å². The highest BCUT2D eigenvalue weighted by Gasteiger charge is 2.22. The van der Waals surface area contributed by atoms with Gasteiger partial charge < -0.3 is 9.64 Å². The van der Waals surface area contributed by atoms with Crippen LogP contribution in [-0.4, -0.2) is 27.9 Å². The highest BCUT2D eigenvalue weighted by molar-refractivity contribution is 5.94. The van der Waals surface area contributed by atoms with Crippen molar-refractivity contribution in [3.05, 3.63) is 67.1 Å². The number of hydrogen-bond acceptors (Lipinski definition) is 4. The molecule has 0 bridgehead atoms. The summed E-state index contributed by atoms with van der Waals surface area (Å²) in [4.78, 5) is 6.91. The number of aryl methyl sites for hydroxylation is 1. The Morgan fingerprint density at radius 3 is 2.85 bits per heavy atom. The molecule has 0 fully saturated rings. The standard InChI is InChI=1S/C21H18N4O/c1-24-14-17(13-23-24)16-6-7-19-20(12-16)26-11-10-25(19)21-18-5-3-2-4-15(18)8-9-22-21/h2-9,12-14H,10-11H2,1H3. The molecule has 5 nitrogen and oxygen atoms in total. The number of ether oxygens (including phenoxy) is 1. The van der Waals surface area contributed by atoms with E-state index in [0.29, 0.717) is 6.61 Å². The summed E-state index contributed by atoms with van der Waals surface area (Å²) in [6, 6.07) is 16.7. The predicted molar refractivity (Wildman–Crippen MR) is 103 cm³/mol. The fraction of sp³-hybridized carbons (Fsp3) is 0.143. The van der Waals surface area contributed by atoms with Crippen molar-refractivity contribution in [2.45, 2.75) is 0 Å². The fourth-order valence-corrected chi connectivity index (χ4v) is 3.51. The minimum Gasteiger partial charge on any atom is -0.490 e. The third-order valence-electron chi connectivity index (χ3n) is 4.77. The van der Waals surface area contributed by atoms with E-state index >= 15 is 0 Å². The van der Waals surface area contributed by atoms with Crippen LogP contribution >= 0.6 is 0 Å². The van der Waals surface area contributed by atoms with Crippen molar-refractivity contribution in [2.24, 2.45) is 7.05 Å². The van der Waals surface area contributed by atoms with Gasteiger partial charge in [-0.2, -0.15) is 5.10 Å². The molecule has 0 amide bonds. The van der Waals surface area contributed by atoms with Gasteiger partial charge in [0, 0.05) is 30.4 Å². The van der Waals surface area contributed by atoms with Crippen LogP contribution in [0.1, 0.15) is 0 Å². The van der Waals surface area contributed by atoms with E-state index in [4.69, 9.17) is 4.74 Å².